The highest BCUT2D eigenvalue weighted by atomic mass is 15.1. The number of hydrogen-bond acceptors (Lipinski definition) is 3. The Bertz CT molecular complexity index is 4010. The van der Waals surface area contributed by atoms with Crippen molar-refractivity contribution in [1.82, 2.24) is 14.5 Å². The summed E-state index contributed by atoms with van der Waals surface area (Å²) in [5.74, 6) is 1.04. The van der Waals surface area contributed by atoms with Gasteiger partial charge >= 0.3 is 0 Å². The van der Waals surface area contributed by atoms with E-state index in [2.05, 4.69) is 278 Å². The van der Waals surface area contributed by atoms with Crippen molar-refractivity contribution in [2.24, 2.45) is 0 Å². The number of allylic oxidation sites excluding steroid dienone is 12. The van der Waals surface area contributed by atoms with E-state index >= 15 is 0 Å². The van der Waals surface area contributed by atoms with Crippen LogP contribution in [0.5, 0.6) is 0 Å². The summed E-state index contributed by atoms with van der Waals surface area (Å²) in [5.41, 5.74) is 22.7. The van der Waals surface area contributed by atoms with Crippen LogP contribution in [0, 0.1) is 0 Å². The van der Waals surface area contributed by atoms with E-state index in [4.69, 9.17) is 9.97 Å². The summed E-state index contributed by atoms with van der Waals surface area (Å²) < 4.78 is 2.62. The van der Waals surface area contributed by atoms with Crippen molar-refractivity contribution >= 4 is 50.0 Å². The molecule has 0 aliphatic heterocycles. The molecule has 0 saturated carbocycles. The minimum Gasteiger partial charge on any atom is -0.333 e. The maximum atomic E-state index is 5.37. The number of hydrogen-bond donors (Lipinski definition) is 0. The van der Waals surface area contributed by atoms with Crippen molar-refractivity contribution in [1.29, 1.82) is 0 Å². The summed E-state index contributed by atoms with van der Waals surface area (Å²) in [4.78, 5) is 13.0. The van der Waals surface area contributed by atoms with E-state index in [1.54, 1.807) is 0 Å². The lowest BCUT2D eigenvalue weighted by molar-refractivity contribution is 0.647. The lowest BCUT2D eigenvalue weighted by Crippen LogP contribution is -2.15. The van der Waals surface area contributed by atoms with Crippen molar-refractivity contribution in [2.45, 2.75) is 56.9 Å². The zero-order chi connectivity index (χ0) is 51.5. The highest BCUT2D eigenvalue weighted by Crippen LogP contribution is 2.52. The van der Waals surface area contributed by atoms with Gasteiger partial charge in [0, 0.05) is 44.7 Å². The first-order chi connectivity index (χ1) is 37.9. The van der Waals surface area contributed by atoms with Crippen molar-refractivity contribution < 1.29 is 0 Å². The molecule has 2 heterocycles. The highest BCUT2D eigenvalue weighted by Gasteiger charge is 2.36. The molecular formula is C73H58N4. The van der Waals surface area contributed by atoms with Gasteiger partial charge in [-0.25, -0.2) is 9.97 Å². The van der Waals surface area contributed by atoms with E-state index in [-0.39, 0.29) is 17.4 Å². The molecule has 0 bridgehead atoms. The van der Waals surface area contributed by atoms with Crippen molar-refractivity contribution in [3.05, 3.63) is 283 Å². The zero-order valence-electron chi connectivity index (χ0n) is 43.5. The number of anilines is 3. The fourth-order valence-corrected chi connectivity index (χ4v) is 12.4. The fraction of sp³-hybridized carbons (Fsp3) is 0.123. The molecule has 4 heteroatoms. The Kier molecular flexibility index (Phi) is 11.6. The largest absolute Gasteiger partial charge is 0.333 e. The Morgan fingerprint density at radius 2 is 1.10 bits per heavy atom. The van der Waals surface area contributed by atoms with Crippen LogP contribution in [0.2, 0.25) is 0 Å². The first-order valence-electron chi connectivity index (χ1n) is 27.3. The van der Waals surface area contributed by atoms with Crippen LogP contribution >= 0.6 is 0 Å². The second kappa shape index (κ2) is 19.2. The van der Waals surface area contributed by atoms with E-state index in [0.717, 1.165) is 60.0 Å². The maximum Gasteiger partial charge on any atom is 0.136 e. The third-order valence-electron chi connectivity index (χ3n) is 16.5. The van der Waals surface area contributed by atoms with Gasteiger partial charge in [0.2, 0.25) is 0 Å². The normalized spacial score (nSPS) is 17.1. The Morgan fingerprint density at radius 3 is 1.75 bits per heavy atom. The molecule has 14 rings (SSSR count). The average Bonchev–Trinajstić information content (AvgIpc) is 4.05. The molecule has 0 radical (unpaired) electrons. The van der Waals surface area contributed by atoms with Crippen LogP contribution in [0.25, 0.3) is 77.5 Å². The smallest absolute Gasteiger partial charge is 0.136 e. The number of aromatic nitrogens is 3. The second-order valence-corrected chi connectivity index (χ2v) is 21.5. The van der Waals surface area contributed by atoms with Crippen LogP contribution in [0.15, 0.2) is 255 Å². The number of benzene rings is 8. The van der Waals surface area contributed by atoms with Gasteiger partial charge in [-0.2, -0.15) is 0 Å². The van der Waals surface area contributed by atoms with E-state index in [1.165, 1.54) is 88.6 Å². The summed E-state index contributed by atoms with van der Waals surface area (Å²) in [5, 5.41) is 2.53. The SMILES string of the molecule is CC1(C)c2ccccc2-c2cc3c4cc(-c5ccc(N(c6ccc(-c7ccccc7)cc6)c6ccc(-c7ccccc7)cc6)cc5)ccc4n(C4C=CC=C(c5cc(C6=CCCC=C6)nc(C6C=CC=CC6)n5)C4)c3cc21. The van der Waals surface area contributed by atoms with Gasteiger partial charge in [-0.3, -0.25) is 0 Å². The van der Waals surface area contributed by atoms with Gasteiger partial charge in [0.1, 0.15) is 5.82 Å². The zero-order valence-corrected chi connectivity index (χ0v) is 43.5. The average molecular weight is 991 g/mol. The first kappa shape index (κ1) is 46.4. The molecule has 77 heavy (non-hydrogen) atoms. The minimum atomic E-state index is -0.137. The molecule has 2 unspecified atom stereocenters. The van der Waals surface area contributed by atoms with Gasteiger partial charge < -0.3 is 9.47 Å². The third-order valence-corrected chi connectivity index (χ3v) is 16.5. The topological polar surface area (TPSA) is 34.0 Å². The maximum absolute atomic E-state index is 5.37. The Balaban J connectivity index is 0.857. The van der Waals surface area contributed by atoms with Gasteiger partial charge in [0.15, 0.2) is 0 Å². The quantitative estimate of drug-likeness (QED) is 0.137. The molecule has 0 N–H and O–H groups in total. The molecule has 8 aromatic carbocycles. The van der Waals surface area contributed by atoms with Crippen LogP contribution in [0.4, 0.5) is 17.1 Å². The van der Waals surface area contributed by atoms with E-state index < -0.39 is 0 Å². The summed E-state index contributed by atoms with van der Waals surface area (Å²) >= 11 is 0. The Hall–Kier alpha value is -9.12. The molecule has 4 aliphatic rings. The molecule has 10 aromatic rings. The first-order valence-corrected chi connectivity index (χ1v) is 27.3. The van der Waals surface area contributed by atoms with Gasteiger partial charge in [-0.15, -0.1) is 0 Å². The number of fused-ring (bicyclic) bond motifs is 6. The highest BCUT2D eigenvalue weighted by molar-refractivity contribution is 6.12. The van der Waals surface area contributed by atoms with Crippen LogP contribution < -0.4 is 4.90 Å². The van der Waals surface area contributed by atoms with Gasteiger partial charge in [0.05, 0.1) is 22.9 Å². The van der Waals surface area contributed by atoms with Crippen LogP contribution in [-0.4, -0.2) is 14.5 Å². The molecule has 4 aliphatic carbocycles. The van der Waals surface area contributed by atoms with E-state index in [9.17, 15) is 0 Å². The standard InChI is InChI=1S/C73H58N4/c1-73(2)66-29-16-15-28-62(66)63-46-65-64-45-56(53-34-41-60(42-35-53)76(58-37-30-51(31-38-58)49-18-7-3-8-19-49)59-39-32-52(33-40-59)50-20-9-4-10-21-50)36-43-70(64)77(71(65)47-67(63)73)61-27-17-26-57(44-61)69-48-68(54-22-11-5-12-23-54)74-72(75-69)55-24-13-6-14-25-55/h3-4,6-11,13-24,26-43,45-48,55,61H,5,12,25,44H2,1-2H3. The van der Waals surface area contributed by atoms with Gasteiger partial charge in [-0.05, 0) is 159 Å². The molecule has 4 nitrogen and oxygen atoms in total. The van der Waals surface area contributed by atoms with Crippen LogP contribution in [-0.2, 0) is 5.41 Å². The molecule has 370 valence electrons. The molecule has 2 aromatic heterocycles. The lowest BCUT2D eigenvalue weighted by Gasteiger charge is -2.26. The minimum absolute atomic E-state index is 0.0627. The van der Waals surface area contributed by atoms with E-state index in [0.29, 0.717) is 0 Å². The fourth-order valence-electron chi connectivity index (χ4n) is 12.4. The molecule has 0 fully saturated rings. The van der Waals surface area contributed by atoms with Crippen LogP contribution in [0.1, 0.15) is 79.8 Å². The molecule has 2 atom stereocenters. The van der Waals surface area contributed by atoms with Gasteiger partial charge in [0.25, 0.3) is 0 Å². The second-order valence-electron chi connectivity index (χ2n) is 21.5. The summed E-state index contributed by atoms with van der Waals surface area (Å²) in [6.45, 7) is 4.78. The summed E-state index contributed by atoms with van der Waals surface area (Å²) in [7, 11) is 0. The number of rotatable bonds is 10. The molecule has 0 spiro atoms. The molecular weight excluding hydrogens is 933 g/mol. The number of nitrogens with zero attached hydrogens (tertiary/aromatic N) is 4. The molecule has 0 saturated heterocycles. The van der Waals surface area contributed by atoms with Gasteiger partial charge in [-0.1, -0.05) is 202 Å². The van der Waals surface area contributed by atoms with E-state index in [1.807, 2.05) is 0 Å². The van der Waals surface area contributed by atoms with Crippen LogP contribution in [0.3, 0.4) is 0 Å². The molecule has 0 amide bonds. The van der Waals surface area contributed by atoms with Crippen molar-refractivity contribution in [2.75, 3.05) is 4.90 Å². The third kappa shape index (κ3) is 8.42. The van der Waals surface area contributed by atoms with Crippen molar-refractivity contribution in [3.8, 4) is 44.5 Å². The predicted molar refractivity (Wildman–Crippen MR) is 323 cm³/mol. The predicted octanol–water partition coefficient (Wildman–Crippen LogP) is 19.3. The Morgan fingerprint density at radius 1 is 0.494 bits per heavy atom. The Labute approximate surface area is 451 Å². The lowest BCUT2D eigenvalue weighted by atomic mass is 9.82. The summed E-state index contributed by atoms with van der Waals surface area (Å²) in [6, 6.07) is 71.7. The van der Waals surface area contributed by atoms with Crippen molar-refractivity contribution in [3.63, 3.8) is 0 Å². The monoisotopic (exact) mass is 990 g/mol. The summed E-state index contributed by atoms with van der Waals surface area (Å²) in [6.07, 6.45) is 26.3.